The van der Waals surface area contributed by atoms with Crippen molar-refractivity contribution in [1.82, 2.24) is 4.57 Å². The van der Waals surface area contributed by atoms with E-state index in [4.69, 9.17) is 9.15 Å². The molecule has 0 radical (unpaired) electrons. The maximum absolute atomic E-state index is 12.9. The standard InChI is InChI=1S/C24H23N2O4.Tl/c1-3-30-23(28)19-13-26-21(11-22(19)27)18-10-20(25-2)17(15-5-8-29-14-15)9-16(18)12-24(26)6-4-7-24;/h5,8-11,13-14H,3-4,6-7,12H2,1-2H3;/q-1;+1. The van der Waals surface area contributed by atoms with Crippen LogP contribution in [0.25, 0.3) is 22.4 Å². The molecule has 3 heterocycles. The van der Waals surface area contributed by atoms with Gasteiger partial charge < -0.3 is 0 Å². The van der Waals surface area contributed by atoms with Gasteiger partial charge in [0.2, 0.25) is 0 Å². The Balaban J connectivity index is 1.74. The van der Waals surface area contributed by atoms with E-state index in [1.807, 2.05) is 6.07 Å². The number of carbonyl (C=O) groups excluding carboxylic acids is 1. The number of pyridine rings is 1. The third kappa shape index (κ3) is 3.26. The van der Waals surface area contributed by atoms with E-state index in [1.54, 1.807) is 31.7 Å². The third-order valence-corrected chi connectivity index (χ3v) is 7.65. The number of rotatable bonds is 4. The summed E-state index contributed by atoms with van der Waals surface area (Å²) in [6, 6.07) is 8.08. The van der Waals surface area contributed by atoms with Crippen LogP contribution in [0.1, 0.15) is 42.1 Å². The van der Waals surface area contributed by atoms with Crippen molar-refractivity contribution < 1.29 is 13.9 Å². The fourth-order valence-corrected chi connectivity index (χ4v) is 5.73. The zero-order chi connectivity index (χ0) is 21.8. The molecule has 0 atom stereocenters. The summed E-state index contributed by atoms with van der Waals surface area (Å²) in [6.07, 6.45) is 9.34. The normalized spacial score (nSPS) is 15.6. The predicted octanol–water partition coefficient (Wildman–Crippen LogP) is 3.91. The van der Waals surface area contributed by atoms with Crippen LogP contribution in [-0.4, -0.2) is 50.3 Å². The molecule has 6 nitrogen and oxygen atoms in total. The quantitative estimate of drug-likeness (QED) is 0.333. The number of fused-ring (bicyclic) bond motifs is 4. The van der Waals surface area contributed by atoms with Crippen LogP contribution in [0.5, 0.6) is 0 Å². The first-order chi connectivity index (χ1) is 14.9. The summed E-state index contributed by atoms with van der Waals surface area (Å²) in [5.41, 5.74) is 6.31. The van der Waals surface area contributed by atoms with Crippen molar-refractivity contribution in [3.8, 4) is 22.4 Å². The fourth-order valence-electron chi connectivity index (χ4n) is 4.90. The number of ether oxygens (including phenoxy) is 1. The van der Waals surface area contributed by atoms with Crippen molar-refractivity contribution in [2.24, 2.45) is 0 Å². The number of carbonyl (C=O) groups is 1. The van der Waals surface area contributed by atoms with Crippen LogP contribution in [0.3, 0.4) is 0 Å². The van der Waals surface area contributed by atoms with E-state index in [-0.39, 0.29) is 23.1 Å². The molecule has 0 unspecified atom stereocenters. The van der Waals surface area contributed by atoms with Gasteiger partial charge in [0.15, 0.2) is 0 Å². The van der Waals surface area contributed by atoms with Crippen LogP contribution >= 0.6 is 0 Å². The number of benzene rings is 1. The van der Waals surface area contributed by atoms with Crippen molar-refractivity contribution in [2.75, 3.05) is 16.4 Å². The molecular formula is C24H23N2O4Tl. The van der Waals surface area contributed by atoms with E-state index in [2.05, 4.69) is 26.5 Å². The van der Waals surface area contributed by atoms with E-state index in [0.29, 0.717) is 26.1 Å². The second kappa shape index (κ2) is 7.65. The van der Waals surface area contributed by atoms with Crippen molar-refractivity contribution in [1.29, 1.82) is 0 Å². The first kappa shape index (κ1) is 20.5. The molecule has 5 rings (SSSR count). The molecule has 3 aromatic rings. The average molecular weight is 608 g/mol. The Labute approximate surface area is 196 Å². The van der Waals surface area contributed by atoms with Gasteiger partial charge in [0.05, 0.1) is 0 Å². The summed E-state index contributed by atoms with van der Waals surface area (Å²) in [5, 5.41) is 0. The molecule has 1 spiro atoms. The van der Waals surface area contributed by atoms with Gasteiger partial charge >= 0.3 is 197 Å². The van der Waals surface area contributed by atoms with Crippen LogP contribution in [-0.2, 0) is 16.7 Å². The molecule has 0 N–H and O–H groups in total. The monoisotopic (exact) mass is 608 g/mol. The van der Waals surface area contributed by atoms with Gasteiger partial charge in [-0.15, -0.1) is 0 Å². The second-order valence-electron chi connectivity index (χ2n) is 8.43. The summed E-state index contributed by atoms with van der Waals surface area (Å²) >= 11 is 0.628. The maximum atomic E-state index is 12.9. The first-order valence-corrected chi connectivity index (χ1v) is 12.6. The summed E-state index contributed by atoms with van der Waals surface area (Å²) in [4.78, 5) is 25.3. The van der Waals surface area contributed by atoms with Gasteiger partial charge in [-0.3, -0.25) is 0 Å². The van der Waals surface area contributed by atoms with Gasteiger partial charge in [0.25, 0.3) is 0 Å². The SMILES string of the molecule is CCOC(=O)c1cn2c(cc1=O)-c1cc([N](C)[Tl])c(-c3ccoc3)cc1CC21CCC1. The van der Waals surface area contributed by atoms with Crippen LogP contribution in [0.15, 0.2) is 52.2 Å². The van der Waals surface area contributed by atoms with Crippen LogP contribution in [0, 0.1) is 0 Å². The number of aromatic nitrogens is 1. The first-order valence-electron chi connectivity index (χ1n) is 10.6. The van der Waals surface area contributed by atoms with Gasteiger partial charge in [-0.1, -0.05) is 0 Å². The second-order valence-corrected chi connectivity index (χ2v) is 11.4. The fraction of sp³-hybridized carbons (Fsp3) is 0.333. The third-order valence-electron chi connectivity index (χ3n) is 6.57. The number of hydrogen-bond donors (Lipinski definition) is 0. The molecule has 0 bridgehead atoms. The number of hydrogen-bond acceptors (Lipinski definition) is 5. The molecule has 1 saturated carbocycles. The van der Waals surface area contributed by atoms with E-state index < -0.39 is 5.97 Å². The molecule has 0 amide bonds. The van der Waals surface area contributed by atoms with Crippen LogP contribution in [0.2, 0.25) is 0 Å². The van der Waals surface area contributed by atoms with E-state index in [9.17, 15) is 9.59 Å². The van der Waals surface area contributed by atoms with E-state index in [0.717, 1.165) is 53.8 Å². The van der Waals surface area contributed by atoms with Crippen LogP contribution in [0.4, 0.5) is 5.69 Å². The van der Waals surface area contributed by atoms with Gasteiger partial charge in [-0.25, -0.2) is 0 Å². The van der Waals surface area contributed by atoms with Crippen molar-refractivity contribution in [3.05, 3.63) is 64.3 Å². The molecule has 1 aromatic carbocycles. The molecular weight excluding hydrogens is 585 g/mol. The van der Waals surface area contributed by atoms with Crippen LogP contribution < -0.4 is 8.14 Å². The molecule has 2 aliphatic rings. The Morgan fingerprint density at radius 3 is 2.71 bits per heavy atom. The van der Waals surface area contributed by atoms with Crippen molar-refractivity contribution in [3.63, 3.8) is 0 Å². The summed E-state index contributed by atoms with van der Waals surface area (Å²) in [7, 11) is 2.09. The Kier molecular flexibility index (Phi) is 5.07. The minimum atomic E-state index is -0.542. The van der Waals surface area contributed by atoms with E-state index >= 15 is 0 Å². The van der Waals surface area contributed by atoms with Crippen molar-refractivity contribution >= 4 is 37.7 Å². The van der Waals surface area contributed by atoms with Gasteiger partial charge in [0, 0.05) is 0 Å². The Hall–Kier alpha value is -2.36. The van der Waals surface area contributed by atoms with Gasteiger partial charge in [-0.2, -0.15) is 0 Å². The molecule has 1 aliphatic carbocycles. The zero-order valence-electron chi connectivity index (χ0n) is 17.7. The summed E-state index contributed by atoms with van der Waals surface area (Å²) in [6.45, 7) is 2.00. The Morgan fingerprint density at radius 2 is 2.10 bits per heavy atom. The van der Waals surface area contributed by atoms with Gasteiger partial charge in [0.1, 0.15) is 0 Å². The number of anilines is 1. The summed E-state index contributed by atoms with van der Waals surface area (Å²) in [5.74, 6) is -0.542. The number of esters is 1. The molecule has 0 saturated heterocycles. The zero-order valence-corrected chi connectivity index (χ0v) is 22.2. The predicted molar refractivity (Wildman–Crippen MR) is 119 cm³/mol. The summed E-state index contributed by atoms with van der Waals surface area (Å²) < 4.78 is 14.9. The molecule has 1 fully saturated rings. The molecule has 2 aromatic heterocycles. The molecule has 31 heavy (non-hydrogen) atoms. The number of nitrogens with zero attached hydrogens (tertiary/aromatic N) is 2. The average Bonchev–Trinajstić information content (AvgIpc) is 3.25. The van der Waals surface area contributed by atoms with E-state index in [1.165, 1.54) is 5.56 Å². The van der Waals surface area contributed by atoms with Gasteiger partial charge in [-0.05, 0) is 0 Å². The molecule has 156 valence electrons. The topological polar surface area (TPSA) is 64.7 Å². The van der Waals surface area contributed by atoms with Crippen molar-refractivity contribution in [2.45, 2.75) is 38.1 Å². The Morgan fingerprint density at radius 1 is 1.29 bits per heavy atom. The minimum absolute atomic E-state index is 0.0823. The molecule has 1 aliphatic heterocycles. The molecule has 7 heteroatoms. The number of furan rings is 1. The Bertz CT molecular complexity index is 1220.